The topological polar surface area (TPSA) is 12.9 Å². The van der Waals surface area contributed by atoms with Crippen molar-refractivity contribution in [3.05, 3.63) is 71.6 Å². The summed E-state index contributed by atoms with van der Waals surface area (Å²) in [6.07, 6.45) is 6.22. The highest BCUT2D eigenvalue weighted by Crippen LogP contribution is 2.23. The van der Waals surface area contributed by atoms with Crippen molar-refractivity contribution >= 4 is 6.08 Å². The molecule has 1 atom stereocenters. The summed E-state index contributed by atoms with van der Waals surface area (Å²) in [4.78, 5) is 4.39. The van der Waals surface area contributed by atoms with E-state index in [1.165, 1.54) is 11.1 Å². The minimum atomic E-state index is 0.212. The molecule has 0 bridgehead atoms. The molecule has 0 amide bonds. The number of allylic oxidation sites excluding steroid dienone is 1. The molecule has 1 heterocycles. The van der Waals surface area contributed by atoms with Crippen LogP contribution in [-0.4, -0.2) is 4.98 Å². The second-order valence-corrected chi connectivity index (χ2v) is 6.27. The first kappa shape index (κ1) is 14.5. The molecule has 1 heteroatoms. The van der Waals surface area contributed by atoms with E-state index in [1.54, 1.807) is 0 Å². The lowest BCUT2D eigenvalue weighted by atomic mass is 9.86. The Morgan fingerprint density at radius 3 is 2.25 bits per heavy atom. The molecule has 0 fully saturated rings. The molecular formula is C19H23N. The lowest BCUT2D eigenvalue weighted by Gasteiger charge is -2.18. The molecule has 2 rings (SSSR count). The summed E-state index contributed by atoms with van der Waals surface area (Å²) in [5, 5.41) is 0. The van der Waals surface area contributed by atoms with E-state index >= 15 is 0 Å². The van der Waals surface area contributed by atoms with Crippen molar-refractivity contribution in [1.29, 1.82) is 0 Å². The Morgan fingerprint density at radius 1 is 1.00 bits per heavy atom. The maximum Gasteiger partial charge on any atom is 0.0469 e. The quantitative estimate of drug-likeness (QED) is 0.743. The van der Waals surface area contributed by atoms with Gasteiger partial charge in [-0.05, 0) is 28.7 Å². The Kier molecular flexibility index (Phi) is 4.39. The average molecular weight is 265 g/mol. The van der Waals surface area contributed by atoms with Crippen LogP contribution in [0.5, 0.6) is 0 Å². The molecule has 20 heavy (non-hydrogen) atoms. The SMILES string of the molecule is C[C@H](/C=C/c1ccc(C(C)(C)C)cc1)c1ccccn1. The lowest BCUT2D eigenvalue weighted by Crippen LogP contribution is -2.10. The smallest absolute Gasteiger partial charge is 0.0469 e. The number of nitrogens with zero attached hydrogens (tertiary/aromatic N) is 1. The van der Waals surface area contributed by atoms with Gasteiger partial charge in [0.1, 0.15) is 0 Å². The molecule has 104 valence electrons. The van der Waals surface area contributed by atoms with Gasteiger partial charge in [-0.25, -0.2) is 0 Å². The van der Waals surface area contributed by atoms with Crippen molar-refractivity contribution < 1.29 is 0 Å². The molecule has 0 spiro atoms. The zero-order valence-electron chi connectivity index (χ0n) is 12.8. The largest absolute Gasteiger partial charge is 0.261 e. The molecule has 1 nitrogen and oxygen atoms in total. The fraction of sp³-hybridized carbons (Fsp3) is 0.316. The van der Waals surface area contributed by atoms with Crippen LogP contribution >= 0.6 is 0 Å². The van der Waals surface area contributed by atoms with Crippen LogP contribution in [0, 0.1) is 0 Å². The van der Waals surface area contributed by atoms with E-state index < -0.39 is 0 Å². The van der Waals surface area contributed by atoms with Gasteiger partial charge in [0.2, 0.25) is 0 Å². The lowest BCUT2D eigenvalue weighted by molar-refractivity contribution is 0.590. The highest BCUT2D eigenvalue weighted by atomic mass is 14.7. The van der Waals surface area contributed by atoms with E-state index in [1.807, 2.05) is 18.3 Å². The Labute approximate surface area is 122 Å². The molecule has 0 radical (unpaired) electrons. The first-order chi connectivity index (χ1) is 9.47. The Hall–Kier alpha value is -1.89. The van der Waals surface area contributed by atoms with E-state index in [4.69, 9.17) is 0 Å². The molecule has 0 aliphatic rings. The summed E-state index contributed by atoms with van der Waals surface area (Å²) in [6.45, 7) is 8.88. The third kappa shape index (κ3) is 3.80. The minimum absolute atomic E-state index is 0.212. The number of pyridine rings is 1. The zero-order chi connectivity index (χ0) is 14.6. The van der Waals surface area contributed by atoms with E-state index in [2.05, 4.69) is 75.2 Å². The van der Waals surface area contributed by atoms with Crippen molar-refractivity contribution in [1.82, 2.24) is 4.98 Å². The molecule has 0 saturated heterocycles. The van der Waals surface area contributed by atoms with Crippen molar-refractivity contribution in [3.63, 3.8) is 0 Å². The first-order valence-corrected chi connectivity index (χ1v) is 7.16. The van der Waals surface area contributed by atoms with Crippen LogP contribution in [0.2, 0.25) is 0 Å². The molecular weight excluding hydrogens is 242 g/mol. The molecule has 1 aromatic heterocycles. The van der Waals surface area contributed by atoms with Gasteiger partial charge >= 0.3 is 0 Å². The Balaban J connectivity index is 2.08. The van der Waals surface area contributed by atoms with Crippen molar-refractivity contribution in [2.75, 3.05) is 0 Å². The number of rotatable bonds is 3. The van der Waals surface area contributed by atoms with Gasteiger partial charge in [-0.15, -0.1) is 0 Å². The first-order valence-electron chi connectivity index (χ1n) is 7.16. The highest BCUT2D eigenvalue weighted by molar-refractivity contribution is 5.51. The summed E-state index contributed by atoms with van der Waals surface area (Å²) in [5.41, 5.74) is 3.92. The van der Waals surface area contributed by atoms with Crippen LogP contribution in [0.3, 0.4) is 0 Å². The third-order valence-electron chi connectivity index (χ3n) is 3.51. The Bertz CT molecular complexity index is 559. The monoisotopic (exact) mass is 265 g/mol. The zero-order valence-corrected chi connectivity index (χ0v) is 12.8. The van der Waals surface area contributed by atoms with Gasteiger partial charge in [0, 0.05) is 17.8 Å². The van der Waals surface area contributed by atoms with Gasteiger partial charge in [-0.1, -0.05) is 70.2 Å². The fourth-order valence-electron chi connectivity index (χ4n) is 2.09. The predicted octanol–water partition coefficient (Wildman–Crippen LogP) is 5.20. The highest BCUT2D eigenvalue weighted by Gasteiger charge is 2.12. The normalized spacial score (nSPS) is 13.6. The summed E-state index contributed by atoms with van der Waals surface area (Å²) in [6, 6.07) is 14.8. The summed E-state index contributed by atoms with van der Waals surface area (Å²) in [5.74, 6) is 0.332. The van der Waals surface area contributed by atoms with E-state index in [0.717, 1.165) is 5.69 Å². The summed E-state index contributed by atoms with van der Waals surface area (Å²) in [7, 11) is 0. The van der Waals surface area contributed by atoms with E-state index in [-0.39, 0.29) is 5.41 Å². The predicted molar refractivity (Wildman–Crippen MR) is 86.8 cm³/mol. The molecule has 1 aromatic carbocycles. The molecule has 0 aliphatic carbocycles. The van der Waals surface area contributed by atoms with Crippen LogP contribution in [-0.2, 0) is 5.41 Å². The van der Waals surface area contributed by atoms with Gasteiger partial charge in [-0.3, -0.25) is 4.98 Å². The maximum atomic E-state index is 4.39. The van der Waals surface area contributed by atoms with Crippen molar-refractivity contribution in [2.24, 2.45) is 0 Å². The van der Waals surface area contributed by atoms with Crippen LogP contribution in [0.4, 0.5) is 0 Å². The van der Waals surface area contributed by atoms with Gasteiger partial charge in [0.05, 0.1) is 0 Å². The van der Waals surface area contributed by atoms with Gasteiger partial charge in [-0.2, -0.15) is 0 Å². The van der Waals surface area contributed by atoms with Gasteiger partial charge < -0.3 is 0 Å². The van der Waals surface area contributed by atoms with Crippen molar-refractivity contribution in [2.45, 2.75) is 39.0 Å². The number of hydrogen-bond donors (Lipinski definition) is 0. The maximum absolute atomic E-state index is 4.39. The number of aromatic nitrogens is 1. The standard InChI is InChI=1S/C19H23N/c1-15(18-7-5-6-14-20-18)8-9-16-10-12-17(13-11-16)19(2,3)4/h5-15H,1-4H3/b9-8+/t15-/m1/s1. The average Bonchev–Trinajstić information content (AvgIpc) is 2.45. The van der Waals surface area contributed by atoms with Crippen LogP contribution in [0.1, 0.15) is 50.4 Å². The number of benzene rings is 1. The molecule has 0 unspecified atom stereocenters. The van der Waals surface area contributed by atoms with E-state index in [9.17, 15) is 0 Å². The second kappa shape index (κ2) is 6.04. The van der Waals surface area contributed by atoms with Crippen LogP contribution in [0.15, 0.2) is 54.7 Å². The van der Waals surface area contributed by atoms with Crippen molar-refractivity contribution in [3.8, 4) is 0 Å². The third-order valence-corrected chi connectivity index (χ3v) is 3.51. The molecule has 0 saturated carbocycles. The van der Waals surface area contributed by atoms with E-state index in [0.29, 0.717) is 5.92 Å². The second-order valence-electron chi connectivity index (χ2n) is 6.27. The molecule has 0 N–H and O–H groups in total. The summed E-state index contributed by atoms with van der Waals surface area (Å²) < 4.78 is 0. The molecule has 2 aromatic rings. The summed E-state index contributed by atoms with van der Waals surface area (Å²) >= 11 is 0. The minimum Gasteiger partial charge on any atom is -0.261 e. The van der Waals surface area contributed by atoms with Crippen LogP contribution in [0.25, 0.3) is 6.08 Å². The molecule has 0 aliphatic heterocycles. The Morgan fingerprint density at radius 2 is 1.70 bits per heavy atom. The van der Waals surface area contributed by atoms with Gasteiger partial charge in [0.25, 0.3) is 0 Å². The van der Waals surface area contributed by atoms with Crippen LogP contribution < -0.4 is 0 Å². The van der Waals surface area contributed by atoms with Gasteiger partial charge in [0.15, 0.2) is 0 Å². The number of hydrogen-bond acceptors (Lipinski definition) is 1. The fourth-order valence-corrected chi connectivity index (χ4v) is 2.09.